The minimum atomic E-state index is -0.782. The summed E-state index contributed by atoms with van der Waals surface area (Å²) >= 11 is 11.4. The number of anilines is 2. The summed E-state index contributed by atoms with van der Waals surface area (Å²) in [5, 5.41) is 12.6. The van der Waals surface area contributed by atoms with E-state index in [2.05, 4.69) is 31.6 Å². The third-order valence-electron chi connectivity index (χ3n) is 10.6. The summed E-state index contributed by atoms with van der Waals surface area (Å²) in [6.07, 6.45) is 4.54. The molecule has 2 fully saturated rings. The first-order valence-corrected chi connectivity index (χ1v) is 21.7. The first-order chi connectivity index (χ1) is 33.0. The number of nitrogens with two attached hydrogens (primary N) is 1. The molecule has 4 aliphatic rings. The number of hydrogen-bond donors (Lipinski definition) is 6. The van der Waals surface area contributed by atoms with Crippen molar-refractivity contribution in [3.05, 3.63) is 135 Å². The van der Waals surface area contributed by atoms with Crippen molar-refractivity contribution < 1.29 is 65.3 Å². The van der Waals surface area contributed by atoms with Gasteiger partial charge in [-0.15, -0.1) is 12.4 Å². The van der Waals surface area contributed by atoms with Gasteiger partial charge in [0.1, 0.15) is 54.3 Å². The maximum Gasteiger partial charge on any atom is 0.419 e. The Labute approximate surface area is 411 Å². The Hall–Kier alpha value is -7.14. The monoisotopic (exact) mass is 1030 g/mol. The first-order valence-electron chi connectivity index (χ1n) is 20.9. The summed E-state index contributed by atoms with van der Waals surface area (Å²) in [5.74, 6) is -3.49. The smallest absolute Gasteiger partial charge is 0.419 e. The quantitative estimate of drug-likeness (QED) is 0.0638. The molecule has 5 amide bonds. The molecule has 4 aromatic carbocycles. The molecule has 0 aliphatic carbocycles. The van der Waals surface area contributed by atoms with Crippen LogP contribution in [-0.4, -0.2) is 83.9 Å². The molecule has 2 saturated heterocycles. The van der Waals surface area contributed by atoms with Crippen molar-refractivity contribution in [2.45, 2.75) is 49.9 Å². The number of rotatable bonds is 9. The molecule has 0 spiro atoms. The standard InChI is InChI=1S/C21H18ClF2N3O5.C16H13ClF2N2O2.C8H9N3O3.ClH/c22-13-7-10(1-3-14(13)23)26-20(29)12-2-4-15(24)18-16(5-6-31-19(12)18)27-21(30)32-9-11-8-17(28)25-11;17-10-7-8(1-3-11(10)18)21-16(22)9-2-4-12(19)14-13(20)5-6-23-15(9)14;12-7-3-6(10-7)4-14-8(13)11-2-1-9-5-11;/h1-4,7,11,16H,5-6,8-9H2,(H,25,28)(H,26,29)(H,27,30);1-4,7,13H,5-6,20H2,(H,21,22);1-2,5-6H,3-4H2,(H,10,12);1H/t11-,16-;13-;6-;/m000./s1. The molecule has 0 saturated carbocycles. The molecular weight excluding hydrogens is 995 g/mol. The van der Waals surface area contributed by atoms with Crippen LogP contribution in [0.15, 0.2) is 79.4 Å². The zero-order valence-electron chi connectivity index (χ0n) is 36.2. The highest BCUT2D eigenvalue weighted by Crippen LogP contribution is 2.38. The highest BCUT2D eigenvalue weighted by molar-refractivity contribution is 6.31. The lowest BCUT2D eigenvalue weighted by Gasteiger charge is -2.29. The van der Waals surface area contributed by atoms with Crippen molar-refractivity contribution in [1.82, 2.24) is 25.5 Å². The number of carbonyl (C=O) groups excluding carboxylic acids is 6. The largest absolute Gasteiger partial charge is 0.492 e. The molecule has 4 atom stereocenters. The van der Waals surface area contributed by atoms with Gasteiger partial charge in [0.2, 0.25) is 11.8 Å². The van der Waals surface area contributed by atoms with Crippen LogP contribution in [0.2, 0.25) is 10.0 Å². The van der Waals surface area contributed by atoms with Crippen molar-refractivity contribution in [3.8, 4) is 11.5 Å². The molecular formula is C45H41Cl3F4N8O10. The van der Waals surface area contributed by atoms with Crippen molar-refractivity contribution >= 4 is 82.8 Å². The fourth-order valence-corrected chi connectivity index (χ4v) is 7.43. The lowest BCUT2D eigenvalue weighted by atomic mass is 9.96. The number of hydrogen-bond acceptors (Lipinski definition) is 12. The maximum atomic E-state index is 14.6. The average Bonchev–Trinajstić information content (AvgIpc) is 3.85. The van der Waals surface area contributed by atoms with Gasteiger partial charge in [-0.1, -0.05) is 23.2 Å². The molecule has 5 aromatic rings. The zero-order chi connectivity index (χ0) is 49.4. The average molecular weight is 1040 g/mol. The second-order valence-corrected chi connectivity index (χ2v) is 16.3. The van der Waals surface area contributed by atoms with E-state index in [1.165, 1.54) is 65.8 Å². The lowest BCUT2D eigenvalue weighted by molar-refractivity contribution is -0.129. The summed E-state index contributed by atoms with van der Waals surface area (Å²) < 4.78 is 77.3. The molecule has 18 nitrogen and oxygen atoms in total. The number of nitrogens with zero attached hydrogens (tertiary/aromatic N) is 2. The molecule has 370 valence electrons. The van der Waals surface area contributed by atoms with E-state index in [4.69, 9.17) is 47.9 Å². The van der Waals surface area contributed by atoms with Crippen LogP contribution < -0.4 is 41.8 Å². The molecule has 9 rings (SSSR count). The molecule has 25 heteroatoms. The Kier molecular flexibility index (Phi) is 17.5. The number of imidazole rings is 1. The summed E-state index contributed by atoms with van der Waals surface area (Å²) in [6, 6.07) is 10.8. The van der Waals surface area contributed by atoms with Gasteiger partial charge in [0.25, 0.3) is 11.8 Å². The Balaban J connectivity index is 0.000000184. The Morgan fingerprint density at radius 1 is 0.729 bits per heavy atom. The Bertz CT molecular complexity index is 2780. The molecule has 0 radical (unpaired) electrons. The van der Waals surface area contributed by atoms with Gasteiger partial charge in [-0.25, -0.2) is 36.7 Å². The van der Waals surface area contributed by atoms with Crippen LogP contribution in [0.5, 0.6) is 11.5 Å². The van der Waals surface area contributed by atoms with E-state index in [-0.39, 0.29) is 118 Å². The van der Waals surface area contributed by atoms with Gasteiger partial charge in [-0.3, -0.25) is 19.2 Å². The first kappa shape index (κ1) is 52.2. The normalized spacial score (nSPS) is 18.0. The van der Waals surface area contributed by atoms with Crippen molar-refractivity contribution in [2.75, 3.05) is 37.1 Å². The highest BCUT2D eigenvalue weighted by atomic mass is 35.5. The van der Waals surface area contributed by atoms with E-state index in [9.17, 15) is 46.3 Å². The van der Waals surface area contributed by atoms with Crippen LogP contribution in [-0.2, 0) is 19.1 Å². The molecule has 0 unspecified atom stereocenters. The van der Waals surface area contributed by atoms with E-state index in [0.29, 0.717) is 25.1 Å². The number of carbonyl (C=O) groups is 6. The van der Waals surface area contributed by atoms with Crippen LogP contribution in [0.4, 0.5) is 38.5 Å². The van der Waals surface area contributed by atoms with Gasteiger partial charge in [0.15, 0.2) is 0 Å². The number of nitrogens with one attached hydrogen (secondary N) is 5. The third-order valence-corrected chi connectivity index (χ3v) is 11.2. The van der Waals surface area contributed by atoms with E-state index in [1.807, 2.05) is 0 Å². The predicted octanol–water partition coefficient (Wildman–Crippen LogP) is 7.14. The maximum absolute atomic E-state index is 14.6. The Morgan fingerprint density at radius 3 is 1.71 bits per heavy atom. The highest BCUT2D eigenvalue weighted by Gasteiger charge is 2.33. The molecule has 70 heavy (non-hydrogen) atoms. The minimum absolute atomic E-state index is 0. The van der Waals surface area contributed by atoms with E-state index < -0.39 is 59.4 Å². The predicted molar refractivity (Wildman–Crippen MR) is 245 cm³/mol. The van der Waals surface area contributed by atoms with Gasteiger partial charge >= 0.3 is 12.2 Å². The molecule has 4 aliphatic heterocycles. The number of halogens is 7. The number of alkyl carbamates (subject to hydrolysis) is 1. The minimum Gasteiger partial charge on any atom is -0.492 e. The number of amides is 5. The van der Waals surface area contributed by atoms with E-state index in [0.717, 1.165) is 18.2 Å². The van der Waals surface area contributed by atoms with Gasteiger partial charge in [0.05, 0.1) is 70.9 Å². The lowest BCUT2D eigenvalue weighted by Crippen LogP contribution is -2.51. The fourth-order valence-electron chi connectivity index (χ4n) is 7.07. The molecule has 1 aromatic heterocycles. The van der Waals surface area contributed by atoms with Gasteiger partial charge < -0.3 is 51.3 Å². The fraction of sp³-hybridized carbons (Fsp3) is 0.267. The number of benzene rings is 4. The molecule has 7 N–H and O–H groups in total. The van der Waals surface area contributed by atoms with Crippen LogP contribution in [0.3, 0.4) is 0 Å². The summed E-state index contributed by atoms with van der Waals surface area (Å²) in [7, 11) is 0. The SMILES string of the molecule is Cl.N[C@H]1CCOc2c(C(=O)Nc3ccc(F)c(Cl)c3)ccc(F)c21.O=C1C[C@@H](COC(=O)N[C@H]2CCOc3c(C(=O)Nc4ccc(F)c(Cl)c4)ccc(F)c32)N1.O=C1C[C@@H](COC(=O)n2ccnc2)N1. The van der Waals surface area contributed by atoms with E-state index >= 15 is 0 Å². The summed E-state index contributed by atoms with van der Waals surface area (Å²) in [6.45, 7) is 0.643. The topological polar surface area (TPSA) is 243 Å². The zero-order valence-corrected chi connectivity index (χ0v) is 38.5. The number of fused-ring (bicyclic) bond motifs is 2. The van der Waals surface area contributed by atoms with Crippen LogP contribution in [0, 0.1) is 23.3 Å². The van der Waals surface area contributed by atoms with E-state index in [1.54, 1.807) is 0 Å². The van der Waals surface area contributed by atoms with Gasteiger partial charge in [0, 0.05) is 48.2 Å². The number of β-lactam (4-membered cyclic amide) rings is 2. The summed E-state index contributed by atoms with van der Waals surface area (Å²) in [4.78, 5) is 73.7. The van der Waals surface area contributed by atoms with Crippen LogP contribution in [0.25, 0.3) is 0 Å². The molecule has 5 heterocycles. The van der Waals surface area contributed by atoms with Crippen LogP contribution >= 0.6 is 35.6 Å². The second-order valence-electron chi connectivity index (χ2n) is 15.5. The third kappa shape index (κ3) is 12.9. The molecule has 0 bridgehead atoms. The van der Waals surface area contributed by atoms with Crippen molar-refractivity contribution in [2.24, 2.45) is 5.73 Å². The van der Waals surface area contributed by atoms with Gasteiger partial charge in [-0.05, 0) is 60.7 Å². The van der Waals surface area contributed by atoms with Crippen molar-refractivity contribution in [1.29, 1.82) is 0 Å². The summed E-state index contributed by atoms with van der Waals surface area (Å²) in [5.41, 5.74) is 6.88. The number of aromatic nitrogens is 2. The second kappa shape index (κ2) is 23.4. The van der Waals surface area contributed by atoms with Crippen LogP contribution in [0.1, 0.15) is 69.6 Å². The van der Waals surface area contributed by atoms with Gasteiger partial charge in [-0.2, -0.15) is 0 Å². The Morgan fingerprint density at radius 2 is 1.21 bits per heavy atom. The van der Waals surface area contributed by atoms with Crippen molar-refractivity contribution in [3.63, 3.8) is 0 Å². The number of ether oxygens (including phenoxy) is 4.